The van der Waals surface area contributed by atoms with Crippen molar-refractivity contribution in [2.75, 3.05) is 0 Å². The maximum Gasteiger partial charge on any atom is 0.257 e. The predicted octanol–water partition coefficient (Wildman–Crippen LogP) is 3.01. The number of nitrogens with zero attached hydrogens (tertiary/aromatic N) is 2. The number of benzene rings is 1. The summed E-state index contributed by atoms with van der Waals surface area (Å²) in [6, 6.07) is 11.6. The summed E-state index contributed by atoms with van der Waals surface area (Å²) in [5.74, 6) is -0.155. The second-order valence-corrected chi connectivity index (χ2v) is 5.87. The van der Waals surface area contributed by atoms with Crippen LogP contribution < -0.4 is 5.32 Å². The molecule has 0 saturated carbocycles. The van der Waals surface area contributed by atoms with Crippen LogP contribution in [0, 0.1) is 0 Å². The van der Waals surface area contributed by atoms with Crippen LogP contribution >= 0.6 is 11.8 Å². The topological polar surface area (TPSA) is 54.4 Å². The van der Waals surface area contributed by atoms with E-state index in [1.54, 1.807) is 24.5 Å². The number of amides is 1. The van der Waals surface area contributed by atoms with Crippen LogP contribution in [0.25, 0.3) is 6.08 Å². The number of aliphatic imine (C=N–C) groups is 1. The van der Waals surface area contributed by atoms with E-state index in [4.69, 9.17) is 0 Å². The van der Waals surface area contributed by atoms with Gasteiger partial charge in [0.2, 0.25) is 0 Å². The van der Waals surface area contributed by atoms with Gasteiger partial charge in [-0.2, -0.15) is 0 Å². The van der Waals surface area contributed by atoms with Crippen LogP contribution in [0.1, 0.15) is 27.5 Å². The number of hydrogen-bond donors (Lipinski definition) is 1. The van der Waals surface area contributed by atoms with Gasteiger partial charge in [-0.3, -0.25) is 9.78 Å². The highest BCUT2D eigenvalue weighted by Crippen LogP contribution is 2.47. The van der Waals surface area contributed by atoms with Gasteiger partial charge in [0.05, 0.1) is 0 Å². The van der Waals surface area contributed by atoms with Gasteiger partial charge >= 0.3 is 0 Å². The van der Waals surface area contributed by atoms with E-state index in [1.807, 2.05) is 12.1 Å². The molecule has 1 amide bonds. The fraction of sp³-hybridized carbons (Fsp3) is 0.0625. The third-order valence-corrected chi connectivity index (χ3v) is 4.46. The summed E-state index contributed by atoms with van der Waals surface area (Å²) in [5, 5.41) is 3.52. The Morgan fingerprint density at radius 2 is 1.95 bits per heavy atom. The predicted molar refractivity (Wildman–Crippen MR) is 83.9 cm³/mol. The van der Waals surface area contributed by atoms with Gasteiger partial charge in [-0.1, -0.05) is 36.0 Å². The standard InChI is InChI=1S/C16H11N3OS/c20-15(10-5-7-17-8-6-10)19-16-18-14-12-4-2-1-3-11(12)9-13(14)21-16/h1-9,14H,(H,18,19,20). The van der Waals surface area contributed by atoms with E-state index < -0.39 is 0 Å². The van der Waals surface area contributed by atoms with E-state index >= 15 is 0 Å². The summed E-state index contributed by atoms with van der Waals surface area (Å²) < 4.78 is 0. The number of aromatic nitrogens is 1. The van der Waals surface area contributed by atoms with E-state index in [0.29, 0.717) is 10.7 Å². The first-order valence-corrected chi connectivity index (χ1v) is 7.40. The van der Waals surface area contributed by atoms with Crippen molar-refractivity contribution in [3.8, 4) is 0 Å². The molecule has 1 atom stereocenters. The minimum atomic E-state index is -0.155. The lowest BCUT2D eigenvalue weighted by Crippen LogP contribution is -2.27. The third-order valence-electron chi connectivity index (χ3n) is 3.48. The molecule has 1 N–H and O–H groups in total. The maximum absolute atomic E-state index is 12.1. The van der Waals surface area contributed by atoms with E-state index in [-0.39, 0.29) is 11.9 Å². The van der Waals surface area contributed by atoms with Crippen LogP contribution in [0.4, 0.5) is 0 Å². The molecule has 1 aliphatic carbocycles. The molecule has 1 unspecified atom stereocenters. The fourth-order valence-corrected chi connectivity index (χ4v) is 3.48. The first-order valence-electron chi connectivity index (χ1n) is 6.59. The van der Waals surface area contributed by atoms with Gasteiger partial charge < -0.3 is 5.32 Å². The number of amidine groups is 1. The zero-order valence-electron chi connectivity index (χ0n) is 11.0. The SMILES string of the molecule is O=C(NC1=NC2C(=Cc3ccccc32)S1)c1ccncc1. The summed E-state index contributed by atoms with van der Waals surface area (Å²) in [6.07, 6.45) is 5.35. The van der Waals surface area contributed by atoms with Gasteiger partial charge in [0.1, 0.15) is 6.04 Å². The van der Waals surface area contributed by atoms with Gasteiger partial charge in [0.25, 0.3) is 5.91 Å². The van der Waals surface area contributed by atoms with Crippen LogP contribution in [-0.4, -0.2) is 16.1 Å². The molecule has 0 spiro atoms. The van der Waals surface area contributed by atoms with E-state index in [1.165, 1.54) is 27.8 Å². The molecule has 21 heavy (non-hydrogen) atoms. The highest BCUT2D eigenvalue weighted by Gasteiger charge is 2.32. The van der Waals surface area contributed by atoms with Crippen molar-refractivity contribution in [1.82, 2.24) is 10.3 Å². The van der Waals surface area contributed by atoms with Crippen molar-refractivity contribution < 1.29 is 4.79 Å². The molecule has 4 rings (SSSR count). The zero-order chi connectivity index (χ0) is 14.2. The minimum absolute atomic E-state index is 0.0407. The second kappa shape index (κ2) is 4.86. The van der Waals surface area contributed by atoms with Gasteiger partial charge in [0, 0.05) is 22.9 Å². The number of carbonyl (C=O) groups is 1. The largest absolute Gasteiger partial charge is 0.301 e. The Balaban J connectivity index is 1.55. The van der Waals surface area contributed by atoms with E-state index in [0.717, 1.165) is 0 Å². The molecule has 0 radical (unpaired) electrons. The fourth-order valence-electron chi connectivity index (χ4n) is 2.48. The van der Waals surface area contributed by atoms with Crippen molar-refractivity contribution in [3.63, 3.8) is 0 Å². The number of fused-ring (bicyclic) bond motifs is 3. The Labute approximate surface area is 126 Å². The summed E-state index contributed by atoms with van der Waals surface area (Å²) in [7, 11) is 0. The van der Waals surface area contributed by atoms with Crippen LogP contribution in [0.3, 0.4) is 0 Å². The zero-order valence-corrected chi connectivity index (χ0v) is 11.8. The van der Waals surface area contributed by atoms with Gasteiger partial charge in [-0.25, -0.2) is 4.99 Å². The summed E-state index contributed by atoms with van der Waals surface area (Å²) in [6.45, 7) is 0. The lowest BCUT2D eigenvalue weighted by Gasteiger charge is -2.04. The Bertz CT molecular complexity index is 783. The molecule has 2 aromatic rings. The molecule has 1 aromatic carbocycles. The highest BCUT2D eigenvalue weighted by molar-refractivity contribution is 8.17. The number of thioether (sulfide) groups is 1. The molecule has 2 heterocycles. The molecule has 5 heteroatoms. The Morgan fingerprint density at radius 1 is 1.14 bits per heavy atom. The van der Waals surface area contributed by atoms with Crippen molar-refractivity contribution in [2.45, 2.75) is 6.04 Å². The Morgan fingerprint density at radius 3 is 2.81 bits per heavy atom. The van der Waals surface area contributed by atoms with E-state index in [2.05, 4.69) is 33.5 Å². The van der Waals surface area contributed by atoms with E-state index in [9.17, 15) is 4.79 Å². The van der Waals surface area contributed by atoms with Gasteiger partial charge in [-0.05, 0) is 29.3 Å². The number of carbonyl (C=O) groups excluding carboxylic acids is 1. The van der Waals surface area contributed by atoms with Crippen molar-refractivity contribution in [3.05, 3.63) is 70.4 Å². The Hall–Kier alpha value is -2.40. The van der Waals surface area contributed by atoms with Crippen LogP contribution in [-0.2, 0) is 0 Å². The first kappa shape index (κ1) is 12.3. The maximum atomic E-state index is 12.1. The number of hydrogen-bond acceptors (Lipinski definition) is 4. The summed E-state index contributed by atoms with van der Waals surface area (Å²) >= 11 is 1.52. The normalized spacial score (nSPS) is 18.6. The lowest BCUT2D eigenvalue weighted by molar-refractivity contribution is 0.0978. The number of nitrogens with one attached hydrogen (secondary N) is 1. The van der Waals surface area contributed by atoms with Crippen molar-refractivity contribution >= 4 is 28.9 Å². The molecule has 0 saturated heterocycles. The van der Waals surface area contributed by atoms with Gasteiger partial charge in [0.15, 0.2) is 5.17 Å². The van der Waals surface area contributed by atoms with Crippen LogP contribution in [0.5, 0.6) is 0 Å². The number of pyridine rings is 1. The number of rotatable bonds is 1. The Kier molecular flexibility index (Phi) is 2.86. The first-order chi connectivity index (χ1) is 10.3. The highest BCUT2D eigenvalue weighted by atomic mass is 32.2. The minimum Gasteiger partial charge on any atom is -0.301 e. The van der Waals surface area contributed by atoms with Crippen molar-refractivity contribution in [2.24, 2.45) is 4.99 Å². The molecular formula is C16H11N3OS. The molecule has 102 valence electrons. The summed E-state index contributed by atoms with van der Waals surface area (Å²) in [5.41, 5.74) is 3.00. The van der Waals surface area contributed by atoms with Crippen molar-refractivity contribution in [1.29, 1.82) is 0 Å². The van der Waals surface area contributed by atoms with Crippen LogP contribution in [0.15, 0.2) is 58.7 Å². The molecule has 1 aromatic heterocycles. The van der Waals surface area contributed by atoms with Crippen LogP contribution in [0.2, 0.25) is 0 Å². The summed E-state index contributed by atoms with van der Waals surface area (Å²) in [4.78, 5) is 21.8. The smallest absolute Gasteiger partial charge is 0.257 e. The molecule has 1 aliphatic heterocycles. The molecule has 0 bridgehead atoms. The van der Waals surface area contributed by atoms with Gasteiger partial charge in [-0.15, -0.1) is 0 Å². The quantitative estimate of drug-likeness (QED) is 0.879. The molecule has 2 aliphatic rings. The molecular weight excluding hydrogens is 282 g/mol. The lowest BCUT2D eigenvalue weighted by atomic mass is 10.1. The second-order valence-electron chi connectivity index (χ2n) is 4.80. The molecule has 4 nitrogen and oxygen atoms in total. The average molecular weight is 293 g/mol. The monoisotopic (exact) mass is 293 g/mol. The molecule has 0 fully saturated rings. The average Bonchev–Trinajstić information content (AvgIpc) is 3.05. The third kappa shape index (κ3) is 2.15.